The molecule has 3 N–H and O–H groups in total. The molecule has 0 aromatic rings. The van der Waals surface area contributed by atoms with Crippen LogP contribution in [0.4, 0.5) is 0 Å². The van der Waals surface area contributed by atoms with Crippen LogP contribution in [0.15, 0.2) is 23.8 Å². The van der Waals surface area contributed by atoms with Gasteiger partial charge in [0.05, 0.1) is 0 Å². The first kappa shape index (κ1) is 13.5. The summed E-state index contributed by atoms with van der Waals surface area (Å²) in [6.07, 6.45) is 11.3. The summed E-state index contributed by atoms with van der Waals surface area (Å²) in [4.78, 5) is 0. The van der Waals surface area contributed by atoms with Gasteiger partial charge in [-0.3, -0.25) is 0 Å². The summed E-state index contributed by atoms with van der Waals surface area (Å²) < 4.78 is 0. The first-order valence-electron chi connectivity index (χ1n) is 6.50. The molecule has 0 aromatic heterocycles. The Morgan fingerprint density at radius 2 is 2.19 bits per heavy atom. The maximum absolute atomic E-state index is 6.11. The van der Waals surface area contributed by atoms with Gasteiger partial charge in [-0.1, -0.05) is 37.6 Å². The van der Waals surface area contributed by atoms with Crippen LogP contribution in [0.2, 0.25) is 0 Å². The highest BCUT2D eigenvalue weighted by atomic mass is 14.9. The normalized spacial score (nSPS) is 17.6. The highest BCUT2D eigenvalue weighted by Crippen LogP contribution is 2.15. The van der Waals surface area contributed by atoms with Crippen LogP contribution < -0.4 is 11.1 Å². The molecular formula is C14H26N2. The second-order valence-corrected chi connectivity index (χ2v) is 5.11. The van der Waals surface area contributed by atoms with E-state index in [9.17, 15) is 0 Å². The van der Waals surface area contributed by atoms with Gasteiger partial charge in [-0.15, -0.1) is 0 Å². The lowest BCUT2D eigenvalue weighted by Crippen LogP contribution is -2.28. The molecule has 0 aliphatic heterocycles. The van der Waals surface area contributed by atoms with Crippen molar-refractivity contribution in [1.82, 2.24) is 5.32 Å². The molecule has 1 atom stereocenters. The fourth-order valence-corrected chi connectivity index (χ4v) is 1.90. The van der Waals surface area contributed by atoms with Crippen molar-refractivity contribution >= 4 is 0 Å². The third-order valence-corrected chi connectivity index (χ3v) is 2.81. The largest absolute Gasteiger partial charge is 0.327 e. The van der Waals surface area contributed by atoms with E-state index in [1.165, 1.54) is 18.4 Å². The van der Waals surface area contributed by atoms with E-state index in [2.05, 4.69) is 37.4 Å². The predicted molar refractivity (Wildman–Crippen MR) is 71.4 cm³/mol. The number of rotatable bonds is 7. The van der Waals surface area contributed by atoms with Gasteiger partial charge in [0.25, 0.3) is 0 Å². The highest BCUT2D eigenvalue weighted by molar-refractivity contribution is 5.22. The van der Waals surface area contributed by atoms with E-state index in [1.54, 1.807) is 0 Å². The average molecular weight is 222 g/mol. The Morgan fingerprint density at radius 1 is 1.38 bits per heavy atom. The van der Waals surface area contributed by atoms with Gasteiger partial charge in [0.1, 0.15) is 0 Å². The number of hydrogen-bond acceptors (Lipinski definition) is 2. The van der Waals surface area contributed by atoms with Crippen molar-refractivity contribution in [1.29, 1.82) is 0 Å². The van der Waals surface area contributed by atoms with Gasteiger partial charge in [-0.25, -0.2) is 0 Å². The van der Waals surface area contributed by atoms with E-state index in [-0.39, 0.29) is 0 Å². The molecule has 0 bridgehead atoms. The SMILES string of the molecule is CC(C)CNCC[C@@H](N)CC1=CCCC=C1. The van der Waals surface area contributed by atoms with E-state index < -0.39 is 0 Å². The van der Waals surface area contributed by atoms with Crippen LogP contribution >= 0.6 is 0 Å². The van der Waals surface area contributed by atoms with Crippen molar-refractivity contribution in [3.05, 3.63) is 23.8 Å². The lowest BCUT2D eigenvalue weighted by Gasteiger charge is -2.15. The first-order valence-corrected chi connectivity index (χ1v) is 6.50. The van der Waals surface area contributed by atoms with Crippen LogP contribution in [0.1, 0.15) is 39.5 Å². The molecule has 0 radical (unpaired) electrons. The smallest absolute Gasteiger partial charge is 0.00912 e. The van der Waals surface area contributed by atoms with Gasteiger partial charge >= 0.3 is 0 Å². The Morgan fingerprint density at radius 3 is 2.81 bits per heavy atom. The molecule has 0 spiro atoms. The summed E-state index contributed by atoms with van der Waals surface area (Å²) in [5.74, 6) is 0.722. The molecule has 0 heterocycles. The van der Waals surface area contributed by atoms with E-state index in [4.69, 9.17) is 5.73 Å². The lowest BCUT2D eigenvalue weighted by atomic mass is 9.99. The van der Waals surface area contributed by atoms with Crippen LogP contribution in [-0.2, 0) is 0 Å². The summed E-state index contributed by atoms with van der Waals surface area (Å²) in [5, 5.41) is 3.44. The molecular weight excluding hydrogens is 196 g/mol. The quantitative estimate of drug-likeness (QED) is 0.650. The minimum atomic E-state index is 0.300. The molecule has 1 aliphatic rings. The first-order chi connectivity index (χ1) is 7.68. The van der Waals surface area contributed by atoms with Gasteiger partial charge in [0.15, 0.2) is 0 Å². The summed E-state index contributed by atoms with van der Waals surface area (Å²) >= 11 is 0. The molecule has 1 rings (SSSR count). The highest BCUT2D eigenvalue weighted by Gasteiger charge is 2.05. The number of nitrogens with two attached hydrogens (primary N) is 1. The Balaban J connectivity index is 2.08. The van der Waals surface area contributed by atoms with Crippen LogP contribution in [-0.4, -0.2) is 19.1 Å². The monoisotopic (exact) mass is 222 g/mol. The topological polar surface area (TPSA) is 38.0 Å². The molecule has 0 aromatic carbocycles. The summed E-state index contributed by atoms with van der Waals surface area (Å²) in [7, 11) is 0. The Labute approximate surface area is 100.0 Å². The zero-order valence-electron chi connectivity index (χ0n) is 10.7. The maximum atomic E-state index is 6.11. The van der Waals surface area contributed by atoms with Crippen LogP contribution in [0, 0.1) is 5.92 Å². The van der Waals surface area contributed by atoms with Crippen molar-refractivity contribution in [2.45, 2.75) is 45.6 Å². The predicted octanol–water partition coefficient (Wildman–Crippen LogP) is 2.62. The van der Waals surface area contributed by atoms with E-state index >= 15 is 0 Å². The number of allylic oxidation sites excluding steroid dienone is 3. The van der Waals surface area contributed by atoms with Gasteiger partial charge in [-0.05, 0) is 44.7 Å². The number of hydrogen-bond donors (Lipinski definition) is 2. The van der Waals surface area contributed by atoms with Crippen molar-refractivity contribution in [3.8, 4) is 0 Å². The van der Waals surface area contributed by atoms with Crippen LogP contribution in [0.5, 0.6) is 0 Å². The fourth-order valence-electron chi connectivity index (χ4n) is 1.90. The van der Waals surface area contributed by atoms with Crippen LogP contribution in [0.25, 0.3) is 0 Å². The fraction of sp³-hybridized carbons (Fsp3) is 0.714. The van der Waals surface area contributed by atoms with E-state index in [0.29, 0.717) is 6.04 Å². The molecule has 0 saturated carbocycles. The Hall–Kier alpha value is -0.600. The second-order valence-electron chi connectivity index (χ2n) is 5.11. The zero-order valence-corrected chi connectivity index (χ0v) is 10.7. The Bertz CT molecular complexity index is 241. The summed E-state index contributed by atoms with van der Waals surface area (Å²) in [5.41, 5.74) is 7.53. The Kier molecular flexibility index (Phi) is 6.43. The number of nitrogens with one attached hydrogen (secondary N) is 1. The molecule has 0 saturated heterocycles. The third-order valence-electron chi connectivity index (χ3n) is 2.81. The standard InChI is InChI=1S/C14H26N2/c1-12(2)11-16-9-8-14(15)10-13-6-4-3-5-7-13/h4,6-7,12,14,16H,3,5,8-11,15H2,1-2H3/t14-/m1/s1. The van der Waals surface area contributed by atoms with E-state index in [0.717, 1.165) is 31.8 Å². The van der Waals surface area contributed by atoms with Crippen molar-refractivity contribution < 1.29 is 0 Å². The lowest BCUT2D eigenvalue weighted by molar-refractivity contribution is 0.511. The van der Waals surface area contributed by atoms with E-state index in [1.807, 2.05) is 0 Å². The van der Waals surface area contributed by atoms with Gasteiger partial charge in [-0.2, -0.15) is 0 Å². The van der Waals surface area contributed by atoms with Gasteiger partial charge in [0, 0.05) is 6.04 Å². The summed E-state index contributed by atoms with van der Waals surface area (Å²) in [6.45, 7) is 6.58. The second kappa shape index (κ2) is 7.64. The van der Waals surface area contributed by atoms with Crippen molar-refractivity contribution in [2.75, 3.05) is 13.1 Å². The molecule has 0 unspecified atom stereocenters. The third kappa shape index (κ3) is 6.09. The molecule has 0 amide bonds. The molecule has 2 nitrogen and oxygen atoms in total. The minimum absolute atomic E-state index is 0.300. The maximum Gasteiger partial charge on any atom is 0.00912 e. The van der Waals surface area contributed by atoms with Crippen molar-refractivity contribution in [2.24, 2.45) is 11.7 Å². The van der Waals surface area contributed by atoms with Gasteiger partial charge < -0.3 is 11.1 Å². The average Bonchev–Trinajstić information content (AvgIpc) is 2.25. The molecule has 1 aliphatic carbocycles. The summed E-state index contributed by atoms with van der Waals surface area (Å²) in [6, 6.07) is 0.300. The molecule has 0 fully saturated rings. The molecule has 2 heteroatoms. The van der Waals surface area contributed by atoms with Crippen LogP contribution in [0.3, 0.4) is 0 Å². The molecule has 92 valence electrons. The zero-order chi connectivity index (χ0) is 11.8. The van der Waals surface area contributed by atoms with Crippen molar-refractivity contribution in [3.63, 3.8) is 0 Å². The molecule has 16 heavy (non-hydrogen) atoms. The minimum Gasteiger partial charge on any atom is -0.327 e. The van der Waals surface area contributed by atoms with Gasteiger partial charge in [0.2, 0.25) is 0 Å².